The van der Waals surface area contributed by atoms with Crippen molar-refractivity contribution in [1.82, 2.24) is 14.6 Å². The van der Waals surface area contributed by atoms with E-state index in [1.807, 2.05) is 17.5 Å². The summed E-state index contributed by atoms with van der Waals surface area (Å²) in [6, 6.07) is 14.8. The highest BCUT2D eigenvalue weighted by Crippen LogP contribution is 2.30. The van der Waals surface area contributed by atoms with Crippen molar-refractivity contribution >= 4 is 11.5 Å². The number of fused-ring (bicyclic) bond motifs is 1. The third-order valence-electron chi connectivity index (χ3n) is 5.29. The molecule has 0 amide bonds. The predicted molar refractivity (Wildman–Crippen MR) is 106 cm³/mol. The number of nitrogens with zero attached hydrogens (tertiary/aromatic N) is 5. The molecule has 4 rings (SSSR count). The van der Waals surface area contributed by atoms with Crippen LogP contribution in [0.3, 0.4) is 0 Å². The number of hydrogen-bond donors (Lipinski definition) is 1. The highest BCUT2D eigenvalue weighted by atomic mass is 15.4. The summed E-state index contributed by atoms with van der Waals surface area (Å²) in [7, 11) is 0. The first-order chi connectivity index (χ1) is 13.2. The summed E-state index contributed by atoms with van der Waals surface area (Å²) in [6.45, 7) is 8.58. The largest absolute Gasteiger partial charge is 0.345 e. The Morgan fingerprint density at radius 2 is 1.93 bits per heavy atom. The number of rotatable bonds is 4. The molecule has 6 nitrogen and oxygen atoms in total. The lowest BCUT2D eigenvalue weighted by Gasteiger charge is -2.32. The molecular weight excluding hydrogens is 336 g/mol. The van der Waals surface area contributed by atoms with Crippen LogP contribution >= 0.6 is 0 Å². The Morgan fingerprint density at radius 3 is 2.59 bits per heavy atom. The summed E-state index contributed by atoms with van der Waals surface area (Å²) in [6.07, 6.45) is 0.867. The van der Waals surface area contributed by atoms with E-state index in [-0.39, 0.29) is 0 Å². The number of benzene rings is 1. The Hall–Kier alpha value is -2.91. The van der Waals surface area contributed by atoms with E-state index in [0.717, 1.165) is 66.6 Å². The lowest BCUT2D eigenvalue weighted by Crippen LogP contribution is -3.14. The Balaban J connectivity index is 1.79. The van der Waals surface area contributed by atoms with E-state index in [4.69, 9.17) is 15.3 Å². The second kappa shape index (κ2) is 7.37. The lowest BCUT2D eigenvalue weighted by molar-refractivity contribution is -0.893. The van der Waals surface area contributed by atoms with E-state index in [1.165, 1.54) is 4.90 Å². The van der Waals surface area contributed by atoms with Gasteiger partial charge in [-0.1, -0.05) is 37.3 Å². The minimum absolute atomic E-state index is 0.582. The summed E-state index contributed by atoms with van der Waals surface area (Å²) >= 11 is 0. The van der Waals surface area contributed by atoms with Gasteiger partial charge in [0.1, 0.15) is 11.9 Å². The zero-order valence-corrected chi connectivity index (χ0v) is 15.9. The fourth-order valence-corrected chi connectivity index (χ4v) is 3.88. The van der Waals surface area contributed by atoms with Gasteiger partial charge in [-0.15, -0.1) is 0 Å². The van der Waals surface area contributed by atoms with Crippen LogP contribution in [0, 0.1) is 18.3 Å². The highest BCUT2D eigenvalue weighted by molar-refractivity contribution is 5.81. The fourth-order valence-electron chi connectivity index (χ4n) is 3.88. The van der Waals surface area contributed by atoms with Gasteiger partial charge in [-0.2, -0.15) is 14.9 Å². The summed E-state index contributed by atoms with van der Waals surface area (Å²) in [5.74, 6) is 1.10. The first-order valence-corrected chi connectivity index (χ1v) is 9.61. The zero-order valence-electron chi connectivity index (χ0n) is 15.9. The van der Waals surface area contributed by atoms with Crippen LogP contribution in [0.15, 0.2) is 36.4 Å². The van der Waals surface area contributed by atoms with Crippen LogP contribution in [0.2, 0.25) is 0 Å². The average Bonchev–Trinajstić information content (AvgIpc) is 3.07. The quantitative estimate of drug-likeness (QED) is 0.716. The summed E-state index contributed by atoms with van der Waals surface area (Å²) < 4.78 is 2.02. The number of hydrogen-bond acceptors (Lipinski definition) is 4. The minimum Gasteiger partial charge on any atom is -0.345 e. The maximum Gasteiger partial charge on any atom is 0.165 e. The first-order valence-electron chi connectivity index (χ1n) is 9.61. The molecule has 138 valence electrons. The average molecular weight is 361 g/mol. The van der Waals surface area contributed by atoms with Crippen molar-refractivity contribution in [2.45, 2.75) is 20.3 Å². The highest BCUT2D eigenvalue weighted by Gasteiger charge is 2.24. The molecule has 0 unspecified atom stereocenters. The minimum atomic E-state index is 0.582. The van der Waals surface area contributed by atoms with Crippen LogP contribution in [0.1, 0.15) is 18.3 Å². The number of aryl methyl sites for hydroxylation is 2. The van der Waals surface area contributed by atoms with Crippen LogP contribution < -0.4 is 9.80 Å². The number of piperazine rings is 1. The van der Waals surface area contributed by atoms with Gasteiger partial charge in [0.05, 0.1) is 31.9 Å². The summed E-state index contributed by atoms with van der Waals surface area (Å²) in [5.41, 5.74) is 5.31. The van der Waals surface area contributed by atoms with Crippen molar-refractivity contribution in [3.8, 4) is 17.2 Å². The molecule has 2 aromatic heterocycles. The molecule has 0 spiro atoms. The molecule has 27 heavy (non-hydrogen) atoms. The zero-order chi connectivity index (χ0) is 18.8. The summed E-state index contributed by atoms with van der Waals surface area (Å²) in [5, 5.41) is 13.9. The molecule has 1 saturated heterocycles. The van der Waals surface area contributed by atoms with Crippen LogP contribution in [0.5, 0.6) is 0 Å². The Morgan fingerprint density at radius 1 is 1.19 bits per heavy atom. The topological polar surface area (TPSA) is 61.7 Å². The van der Waals surface area contributed by atoms with E-state index in [1.54, 1.807) is 0 Å². The smallest absolute Gasteiger partial charge is 0.165 e. The van der Waals surface area contributed by atoms with E-state index < -0.39 is 0 Å². The third kappa shape index (κ3) is 3.26. The molecule has 0 saturated carbocycles. The van der Waals surface area contributed by atoms with Gasteiger partial charge in [-0.25, -0.2) is 4.98 Å². The molecule has 0 radical (unpaired) electrons. The number of quaternary nitrogens is 1. The molecule has 1 N–H and O–H groups in total. The van der Waals surface area contributed by atoms with Gasteiger partial charge in [0.2, 0.25) is 0 Å². The predicted octanol–water partition coefficient (Wildman–Crippen LogP) is 1.50. The van der Waals surface area contributed by atoms with Gasteiger partial charge in [-0.3, -0.25) is 0 Å². The van der Waals surface area contributed by atoms with Crippen molar-refractivity contribution in [3.05, 3.63) is 47.8 Å². The maximum atomic E-state index is 8.94. The van der Waals surface area contributed by atoms with Crippen molar-refractivity contribution < 1.29 is 4.90 Å². The first kappa shape index (κ1) is 17.5. The molecule has 0 atom stereocenters. The lowest BCUT2D eigenvalue weighted by atomic mass is 10.0. The second-order valence-corrected chi connectivity index (χ2v) is 7.10. The van der Waals surface area contributed by atoms with E-state index in [9.17, 15) is 0 Å². The van der Waals surface area contributed by atoms with Crippen molar-refractivity contribution in [2.75, 3.05) is 37.6 Å². The molecule has 3 heterocycles. The SMILES string of the molecule is CCc1nn2c(N3CC[NH+](CC#N)CC3)cc(C)nc2c1-c1ccccc1. The number of nitrogens with one attached hydrogen (secondary N) is 1. The van der Waals surface area contributed by atoms with E-state index in [0.29, 0.717) is 6.54 Å². The number of anilines is 1. The standard InChI is InChI=1S/C21H24N6/c1-3-18-20(17-7-5-4-6-8-17)21-23-16(2)15-19(27(21)24-18)26-13-11-25(10-9-22)12-14-26/h4-8,15H,3,10-14H2,1-2H3/p+1. The molecule has 6 heteroatoms. The molecule has 0 bridgehead atoms. The molecular formula is C21H25N6+. The van der Waals surface area contributed by atoms with Crippen molar-refractivity contribution in [3.63, 3.8) is 0 Å². The van der Waals surface area contributed by atoms with Crippen LogP contribution in [-0.2, 0) is 6.42 Å². The van der Waals surface area contributed by atoms with Crippen LogP contribution in [0.25, 0.3) is 16.8 Å². The molecule has 1 aromatic carbocycles. The monoisotopic (exact) mass is 361 g/mol. The molecule has 1 aliphatic rings. The van der Waals surface area contributed by atoms with Crippen LogP contribution in [-0.4, -0.2) is 47.3 Å². The van der Waals surface area contributed by atoms with Gasteiger partial charge in [-0.05, 0) is 18.9 Å². The molecule has 3 aromatic rings. The van der Waals surface area contributed by atoms with E-state index >= 15 is 0 Å². The van der Waals surface area contributed by atoms with Gasteiger partial charge in [0.25, 0.3) is 0 Å². The van der Waals surface area contributed by atoms with Gasteiger partial charge >= 0.3 is 0 Å². The second-order valence-electron chi connectivity index (χ2n) is 7.10. The fraction of sp³-hybridized carbons (Fsp3) is 0.381. The molecule has 0 aliphatic carbocycles. The summed E-state index contributed by atoms with van der Waals surface area (Å²) in [4.78, 5) is 8.58. The van der Waals surface area contributed by atoms with Gasteiger partial charge < -0.3 is 9.80 Å². The molecule has 1 aliphatic heterocycles. The van der Waals surface area contributed by atoms with E-state index in [2.05, 4.69) is 48.2 Å². The van der Waals surface area contributed by atoms with Gasteiger partial charge in [0.15, 0.2) is 12.2 Å². The Bertz CT molecular complexity index is 977. The maximum absolute atomic E-state index is 8.94. The third-order valence-corrected chi connectivity index (χ3v) is 5.29. The Kier molecular flexibility index (Phi) is 4.78. The van der Waals surface area contributed by atoms with Gasteiger partial charge in [0, 0.05) is 17.3 Å². The number of nitriles is 1. The number of aromatic nitrogens is 3. The van der Waals surface area contributed by atoms with Crippen molar-refractivity contribution in [1.29, 1.82) is 5.26 Å². The van der Waals surface area contributed by atoms with Crippen LogP contribution in [0.4, 0.5) is 5.82 Å². The molecule has 1 fully saturated rings. The Labute approximate surface area is 159 Å². The van der Waals surface area contributed by atoms with Crippen molar-refractivity contribution in [2.24, 2.45) is 0 Å². The normalized spacial score (nSPS) is 15.2.